The Balaban J connectivity index is 1.93. The Hall–Kier alpha value is -2.14. The molecule has 1 amide bonds. The van der Waals surface area contributed by atoms with Gasteiger partial charge in [-0.05, 0) is 56.2 Å². The van der Waals surface area contributed by atoms with Gasteiger partial charge in [-0.2, -0.15) is 0 Å². The summed E-state index contributed by atoms with van der Waals surface area (Å²) in [5.41, 5.74) is -1.94. The standard InChI is InChI=1S/C23H25ClF3NO5S/c1-12-3-4-14(10-23(2,31)11-29)21(12)34(32,33)19-7-13(5-6-16(19)24)22(30)28-15-8-17(25)20(27)18(26)9-15/h5-9,12,14,21,29,31H,3-4,10-11H2,1-2H3,(H,28,30)/t12?,14-,21?,23+/m0/s1. The van der Waals surface area contributed by atoms with Gasteiger partial charge in [-0.25, -0.2) is 21.6 Å². The molecule has 11 heteroatoms. The second kappa shape index (κ2) is 9.85. The van der Waals surface area contributed by atoms with Gasteiger partial charge >= 0.3 is 0 Å². The Kier molecular flexibility index (Phi) is 7.66. The average molecular weight is 520 g/mol. The van der Waals surface area contributed by atoms with Gasteiger partial charge in [-0.3, -0.25) is 4.79 Å². The molecule has 34 heavy (non-hydrogen) atoms. The van der Waals surface area contributed by atoms with E-state index in [-0.39, 0.29) is 33.5 Å². The molecule has 1 fully saturated rings. The number of benzene rings is 2. The Bertz CT molecular complexity index is 1180. The number of nitrogens with one attached hydrogen (secondary N) is 1. The Morgan fingerprint density at radius 1 is 1.18 bits per heavy atom. The quantitative estimate of drug-likeness (QED) is 0.472. The molecule has 4 atom stereocenters. The van der Waals surface area contributed by atoms with Crippen LogP contribution in [0, 0.1) is 29.3 Å². The molecule has 0 aromatic heterocycles. The minimum atomic E-state index is -4.07. The number of hydrogen-bond donors (Lipinski definition) is 3. The number of carbonyl (C=O) groups is 1. The molecule has 0 heterocycles. The maximum Gasteiger partial charge on any atom is 0.255 e. The number of hydrogen-bond acceptors (Lipinski definition) is 5. The number of anilines is 1. The summed E-state index contributed by atoms with van der Waals surface area (Å²) in [4.78, 5) is 12.4. The molecule has 1 aliphatic carbocycles. The van der Waals surface area contributed by atoms with Crippen molar-refractivity contribution in [3.63, 3.8) is 0 Å². The van der Waals surface area contributed by atoms with Crippen LogP contribution in [0.4, 0.5) is 18.9 Å². The summed E-state index contributed by atoms with van der Waals surface area (Å²) in [7, 11) is -4.07. The lowest BCUT2D eigenvalue weighted by molar-refractivity contribution is -0.0169. The third kappa shape index (κ3) is 5.40. The van der Waals surface area contributed by atoms with Crippen LogP contribution in [0.2, 0.25) is 5.02 Å². The highest BCUT2D eigenvalue weighted by Gasteiger charge is 2.46. The fraction of sp³-hybridized carbons (Fsp3) is 0.435. The van der Waals surface area contributed by atoms with Crippen molar-refractivity contribution in [1.82, 2.24) is 0 Å². The van der Waals surface area contributed by atoms with Gasteiger partial charge in [-0.1, -0.05) is 18.5 Å². The molecular formula is C23H25ClF3NO5S. The SMILES string of the molecule is CC1CC[C@@H](C[C@@](C)(O)CO)C1S(=O)(=O)c1cc(C(=O)Nc2cc(F)c(F)c(F)c2)ccc1Cl. The number of aliphatic hydroxyl groups is 2. The summed E-state index contributed by atoms with van der Waals surface area (Å²) in [5.74, 6) is -6.25. The van der Waals surface area contributed by atoms with Gasteiger partial charge in [0, 0.05) is 23.4 Å². The number of carbonyl (C=O) groups excluding carboxylic acids is 1. The molecule has 186 valence electrons. The molecule has 3 rings (SSSR count). The molecular weight excluding hydrogens is 495 g/mol. The van der Waals surface area contributed by atoms with E-state index < -0.39 is 56.6 Å². The Morgan fingerprint density at radius 3 is 2.38 bits per heavy atom. The molecule has 0 saturated heterocycles. The zero-order valence-electron chi connectivity index (χ0n) is 18.5. The maximum absolute atomic E-state index is 13.6. The van der Waals surface area contributed by atoms with Crippen molar-refractivity contribution in [1.29, 1.82) is 0 Å². The number of rotatable bonds is 7. The van der Waals surface area contributed by atoms with E-state index in [1.54, 1.807) is 6.92 Å². The normalized spacial score (nSPS) is 22.4. The van der Waals surface area contributed by atoms with E-state index in [2.05, 4.69) is 5.32 Å². The minimum Gasteiger partial charge on any atom is -0.393 e. The van der Waals surface area contributed by atoms with Gasteiger partial charge in [0.25, 0.3) is 5.91 Å². The molecule has 2 aromatic rings. The van der Waals surface area contributed by atoms with Gasteiger partial charge < -0.3 is 15.5 Å². The molecule has 3 N–H and O–H groups in total. The van der Waals surface area contributed by atoms with Crippen LogP contribution in [-0.4, -0.2) is 42.0 Å². The van der Waals surface area contributed by atoms with E-state index in [0.717, 1.165) is 6.07 Å². The third-order valence-corrected chi connectivity index (χ3v) is 9.12. The minimum absolute atomic E-state index is 0.0667. The fourth-order valence-electron chi connectivity index (χ4n) is 4.52. The van der Waals surface area contributed by atoms with Gasteiger partial charge in [0.1, 0.15) is 0 Å². The summed E-state index contributed by atoms with van der Waals surface area (Å²) in [6.07, 6.45) is 1.19. The lowest BCUT2D eigenvalue weighted by atomic mass is 9.90. The van der Waals surface area contributed by atoms with Crippen molar-refractivity contribution < 1.29 is 36.6 Å². The van der Waals surface area contributed by atoms with E-state index in [0.29, 0.717) is 25.0 Å². The van der Waals surface area contributed by atoms with Gasteiger partial charge in [0.05, 0.1) is 27.4 Å². The van der Waals surface area contributed by atoms with E-state index >= 15 is 0 Å². The number of amides is 1. The summed E-state index contributed by atoms with van der Waals surface area (Å²) < 4.78 is 67.3. The summed E-state index contributed by atoms with van der Waals surface area (Å²) in [5, 5.41) is 20.9. The Morgan fingerprint density at radius 2 is 1.79 bits per heavy atom. The van der Waals surface area contributed by atoms with Crippen LogP contribution in [0.1, 0.15) is 43.5 Å². The Labute approximate surface area is 200 Å². The first-order chi connectivity index (χ1) is 15.8. The first-order valence-corrected chi connectivity index (χ1v) is 12.5. The first kappa shape index (κ1) is 26.5. The second-order valence-electron chi connectivity index (χ2n) is 9.04. The van der Waals surface area contributed by atoms with Crippen molar-refractivity contribution >= 4 is 33.0 Å². The largest absolute Gasteiger partial charge is 0.393 e. The second-order valence-corrected chi connectivity index (χ2v) is 11.5. The monoisotopic (exact) mass is 519 g/mol. The van der Waals surface area contributed by atoms with Crippen molar-refractivity contribution in [2.24, 2.45) is 11.8 Å². The molecule has 1 aliphatic rings. The van der Waals surface area contributed by atoms with Crippen LogP contribution in [0.5, 0.6) is 0 Å². The van der Waals surface area contributed by atoms with Crippen LogP contribution in [0.25, 0.3) is 0 Å². The number of aliphatic hydroxyl groups excluding tert-OH is 1. The lowest BCUT2D eigenvalue weighted by Gasteiger charge is -2.29. The van der Waals surface area contributed by atoms with Crippen molar-refractivity contribution in [2.75, 3.05) is 11.9 Å². The van der Waals surface area contributed by atoms with Gasteiger partial charge in [-0.15, -0.1) is 0 Å². The zero-order chi connectivity index (χ0) is 25.4. The summed E-state index contributed by atoms with van der Waals surface area (Å²) >= 11 is 6.20. The smallest absolute Gasteiger partial charge is 0.255 e. The van der Waals surface area contributed by atoms with Gasteiger partial charge in [0.2, 0.25) is 0 Å². The van der Waals surface area contributed by atoms with Crippen molar-refractivity contribution in [2.45, 2.75) is 48.9 Å². The third-order valence-electron chi connectivity index (χ3n) is 6.16. The fourth-order valence-corrected chi connectivity index (χ4v) is 7.37. The molecule has 6 nitrogen and oxygen atoms in total. The van der Waals surface area contributed by atoms with E-state index in [9.17, 15) is 36.6 Å². The van der Waals surface area contributed by atoms with Crippen LogP contribution in [-0.2, 0) is 9.84 Å². The van der Waals surface area contributed by atoms with E-state index in [1.165, 1.54) is 19.1 Å². The highest BCUT2D eigenvalue weighted by atomic mass is 35.5. The van der Waals surface area contributed by atoms with Crippen LogP contribution < -0.4 is 5.32 Å². The summed E-state index contributed by atoms with van der Waals surface area (Å²) in [6, 6.07) is 4.76. The van der Waals surface area contributed by atoms with Crippen LogP contribution in [0.15, 0.2) is 35.2 Å². The van der Waals surface area contributed by atoms with Crippen molar-refractivity contribution in [3.8, 4) is 0 Å². The summed E-state index contributed by atoms with van der Waals surface area (Å²) in [6.45, 7) is 2.68. The van der Waals surface area contributed by atoms with Crippen LogP contribution >= 0.6 is 11.6 Å². The molecule has 0 radical (unpaired) electrons. The number of halogens is 4. The van der Waals surface area contributed by atoms with E-state index in [4.69, 9.17) is 11.6 Å². The molecule has 2 unspecified atom stereocenters. The molecule has 1 saturated carbocycles. The van der Waals surface area contributed by atoms with E-state index in [1.807, 2.05) is 0 Å². The topological polar surface area (TPSA) is 104 Å². The maximum atomic E-state index is 13.6. The predicted molar refractivity (Wildman–Crippen MR) is 121 cm³/mol. The highest BCUT2D eigenvalue weighted by Crippen LogP contribution is 2.43. The number of sulfone groups is 1. The highest BCUT2D eigenvalue weighted by molar-refractivity contribution is 7.92. The zero-order valence-corrected chi connectivity index (χ0v) is 20.1. The lowest BCUT2D eigenvalue weighted by Crippen LogP contribution is -2.38. The first-order valence-electron chi connectivity index (χ1n) is 10.6. The van der Waals surface area contributed by atoms with Crippen LogP contribution in [0.3, 0.4) is 0 Å². The molecule has 0 bridgehead atoms. The van der Waals surface area contributed by atoms with Gasteiger partial charge in [0.15, 0.2) is 27.3 Å². The average Bonchev–Trinajstić information content (AvgIpc) is 3.12. The molecule has 0 spiro atoms. The van der Waals surface area contributed by atoms with Crippen molar-refractivity contribution in [3.05, 3.63) is 58.4 Å². The predicted octanol–water partition coefficient (Wildman–Crippen LogP) is 4.33. The molecule has 0 aliphatic heterocycles. The molecule has 2 aromatic carbocycles.